The van der Waals surface area contributed by atoms with Gasteiger partial charge < -0.3 is 4.74 Å². The van der Waals surface area contributed by atoms with Gasteiger partial charge in [-0.3, -0.25) is 9.78 Å². The van der Waals surface area contributed by atoms with E-state index in [0.29, 0.717) is 6.42 Å². The van der Waals surface area contributed by atoms with E-state index in [0.717, 1.165) is 17.1 Å². The number of aromatic nitrogens is 1. The zero-order valence-corrected chi connectivity index (χ0v) is 9.28. The van der Waals surface area contributed by atoms with Crippen LogP contribution in [0.5, 0.6) is 5.75 Å². The lowest BCUT2D eigenvalue weighted by atomic mass is 10.0. The molecule has 0 N–H and O–H groups in total. The third-order valence-corrected chi connectivity index (χ3v) is 2.61. The fourth-order valence-electron chi connectivity index (χ4n) is 1.75. The second-order valence-corrected chi connectivity index (χ2v) is 4.27. The highest BCUT2D eigenvalue weighted by Gasteiger charge is 2.31. The number of rotatable bonds is 2. The lowest BCUT2D eigenvalue weighted by Gasteiger charge is -2.11. The molecule has 2 heterocycles. The number of carbonyl (C=O) groups is 1. The monoisotopic (exact) mass is 205 g/mol. The number of Topliss-reactive ketones (excluding diaryl/α,β-unsaturated/α-hetero) is 1. The van der Waals surface area contributed by atoms with Gasteiger partial charge in [-0.1, -0.05) is 13.8 Å². The molecule has 1 unspecified atom stereocenters. The van der Waals surface area contributed by atoms with Crippen molar-refractivity contribution in [2.75, 3.05) is 0 Å². The van der Waals surface area contributed by atoms with Crippen LogP contribution in [0.1, 0.15) is 25.2 Å². The van der Waals surface area contributed by atoms with Gasteiger partial charge in [-0.15, -0.1) is 0 Å². The number of aryl methyl sites for hydroxylation is 1. The van der Waals surface area contributed by atoms with E-state index in [2.05, 4.69) is 4.98 Å². The highest BCUT2D eigenvalue weighted by molar-refractivity contribution is 5.86. The first-order valence-electron chi connectivity index (χ1n) is 5.25. The maximum Gasteiger partial charge on any atom is 0.176 e. The molecule has 3 heteroatoms. The van der Waals surface area contributed by atoms with Gasteiger partial charge in [-0.2, -0.15) is 0 Å². The third-order valence-electron chi connectivity index (χ3n) is 2.61. The fourth-order valence-corrected chi connectivity index (χ4v) is 1.75. The van der Waals surface area contributed by atoms with E-state index < -0.39 is 0 Å². The minimum Gasteiger partial charge on any atom is -0.480 e. The number of fused-ring (bicyclic) bond motifs is 1. The van der Waals surface area contributed by atoms with Gasteiger partial charge >= 0.3 is 0 Å². The van der Waals surface area contributed by atoms with E-state index in [1.54, 1.807) is 0 Å². The molecule has 15 heavy (non-hydrogen) atoms. The molecule has 0 amide bonds. The smallest absolute Gasteiger partial charge is 0.176 e. The first-order chi connectivity index (χ1) is 7.08. The molecule has 0 aliphatic carbocycles. The average Bonchev–Trinajstić information content (AvgIpc) is 2.58. The Morgan fingerprint density at radius 2 is 2.27 bits per heavy atom. The second kappa shape index (κ2) is 3.65. The summed E-state index contributed by atoms with van der Waals surface area (Å²) < 4.78 is 5.57. The van der Waals surface area contributed by atoms with Crippen LogP contribution in [0, 0.1) is 12.8 Å². The highest BCUT2D eigenvalue weighted by Crippen LogP contribution is 2.28. The van der Waals surface area contributed by atoms with Crippen molar-refractivity contribution in [3.63, 3.8) is 0 Å². The Kier molecular flexibility index (Phi) is 2.47. The first kappa shape index (κ1) is 10.1. The largest absolute Gasteiger partial charge is 0.480 e. The van der Waals surface area contributed by atoms with Crippen LogP contribution in [0.25, 0.3) is 0 Å². The van der Waals surface area contributed by atoms with Crippen LogP contribution in [0.3, 0.4) is 0 Å². The zero-order chi connectivity index (χ0) is 11.0. The van der Waals surface area contributed by atoms with Crippen molar-refractivity contribution < 1.29 is 9.53 Å². The van der Waals surface area contributed by atoms with E-state index in [9.17, 15) is 4.79 Å². The number of ketones is 1. The van der Waals surface area contributed by atoms with E-state index in [4.69, 9.17) is 4.74 Å². The molecule has 0 fully saturated rings. The number of ether oxygens (including phenoxy) is 1. The lowest BCUT2D eigenvalue weighted by Crippen LogP contribution is -2.29. The van der Waals surface area contributed by atoms with Crippen molar-refractivity contribution in [1.82, 2.24) is 4.98 Å². The van der Waals surface area contributed by atoms with Crippen LogP contribution in [-0.4, -0.2) is 16.9 Å². The summed E-state index contributed by atoms with van der Waals surface area (Å²) in [6.45, 7) is 5.73. The van der Waals surface area contributed by atoms with Crippen LogP contribution >= 0.6 is 0 Å². The van der Waals surface area contributed by atoms with Crippen molar-refractivity contribution in [1.29, 1.82) is 0 Å². The minimum atomic E-state index is -0.325. The van der Waals surface area contributed by atoms with Crippen LogP contribution < -0.4 is 4.74 Å². The summed E-state index contributed by atoms with van der Waals surface area (Å²) in [5.41, 5.74) is 1.88. The molecule has 1 aromatic rings. The van der Waals surface area contributed by atoms with E-state index in [1.165, 1.54) is 0 Å². The highest BCUT2D eigenvalue weighted by atomic mass is 16.5. The molecule has 2 rings (SSSR count). The zero-order valence-electron chi connectivity index (χ0n) is 9.28. The molecule has 0 spiro atoms. The summed E-state index contributed by atoms with van der Waals surface area (Å²) in [5, 5.41) is 0. The van der Waals surface area contributed by atoms with E-state index in [-0.39, 0.29) is 17.8 Å². The summed E-state index contributed by atoms with van der Waals surface area (Å²) in [6, 6.07) is 3.80. The first-order valence-corrected chi connectivity index (χ1v) is 5.25. The van der Waals surface area contributed by atoms with Gasteiger partial charge in [0.2, 0.25) is 0 Å². The maximum atomic E-state index is 11.7. The summed E-state index contributed by atoms with van der Waals surface area (Å²) >= 11 is 0. The molecule has 0 aromatic carbocycles. The SMILES string of the molecule is Cc1ccc2c(n1)CC(C(=O)C(C)C)O2. The second-order valence-electron chi connectivity index (χ2n) is 4.27. The quantitative estimate of drug-likeness (QED) is 0.740. The fraction of sp³-hybridized carbons (Fsp3) is 0.500. The van der Waals surface area contributed by atoms with E-state index in [1.807, 2.05) is 32.9 Å². The maximum absolute atomic E-state index is 11.7. The van der Waals surface area contributed by atoms with Gasteiger partial charge in [0.05, 0.1) is 5.69 Å². The summed E-state index contributed by atoms with van der Waals surface area (Å²) in [4.78, 5) is 16.1. The van der Waals surface area contributed by atoms with Gasteiger partial charge in [-0.05, 0) is 19.1 Å². The number of hydrogen-bond acceptors (Lipinski definition) is 3. The summed E-state index contributed by atoms with van der Waals surface area (Å²) in [5.74, 6) is 0.940. The Hall–Kier alpha value is -1.38. The van der Waals surface area contributed by atoms with Crippen LogP contribution in [0.2, 0.25) is 0 Å². The van der Waals surface area contributed by atoms with Gasteiger partial charge in [0.25, 0.3) is 0 Å². The third kappa shape index (κ3) is 1.87. The molecule has 1 aromatic heterocycles. The predicted octanol–water partition coefficient (Wildman–Crippen LogP) is 1.92. The molecule has 0 saturated carbocycles. The minimum absolute atomic E-state index is 0.0189. The molecular weight excluding hydrogens is 190 g/mol. The Morgan fingerprint density at radius 1 is 1.53 bits per heavy atom. The van der Waals surface area contributed by atoms with Crippen LogP contribution in [-0.2, 0) is 11.2 Å². The molecule has 0 radical (unpaired) electrons. The van der Waals surface area contributed by atoms with Crippen molar-refractivity contribution in [3.05, 3.63) is 23.5 Å². The van der Waals surface area contributed by atoms with E-state index >= 15 is 0 Å². The van der Waals surface area contributed by atoms with Gasteiger partial charge in [0.1, 0.15) is 5.75 Å². The number of pyridine rings is 1. The molecular formula is C12H15NO2. The van der Waals surface area contributed by atoms with Crippen LogP contribution in [0.15, 0.2) is 12.1 Å². The predicted molar refractivity (Wildman–Crippen MR) is 56.9 cm³/mol. The topological polar surface area (TPSA) is 39.2 Å². The molecule has 1 atom stereocenters. The molecule has 3 nitrogen and oxygen atoms in total. The van der Waals surface area contributed by atoms with Crippen LogP contribution in [0.4, 0.5) is 0 Å². The standard InChI is InChI=1S/C12H15NO2/c1-7(2)12(14)11-6-9-10(15-11)5-4-8(3)13-9/h4-5,7,11H,6H2,1-3H3. The van der Waals surface area contributed by atoms with Gasteiger partial charge in [0, 0.05) is 18.0 Å². The summed E-state index contributed by atoms with van der Waals surface area (Å²) in [6.07, 6.45) is 0.294. The Bertz CT molecular complexity index is 399. The Labute approximate surface area is 89.5 Å². The van der Waals surface area contributed by atoms with Crippen molar-refractivity contribution in [2.24, 2.45) is 5.92 Å². The lowest BCUT2D eigenvalue weighted by molar-refractivity contribution is -0.128. The van der Waals surface area contributed by atoms with Crippen molar-refractivity contribution in [3.8, 4) is 5.75 Å². The molecule has 80 valence electrons. The number of carbonyl (C=O) groups excluding carboxylic acids is 1. The van der Waals surface area contributed by atoms with Crippen molar-refractivity contribution >= 4 is 5.78 Å². The average molecular weight is 205 g/mol. The molecule has 0 saturated heterocycles. The van der Waals surface area contributed by atoms with Crippen molar-refractivity contribution in [2.45, 2.75) is 33.3 Å². The normalized spacial score (nSPS) is 18.8. The Morgan fingerprint density at radius 3 is 2.93 bits per heavy atom. The number of hydrogen-bond donors (Lipinski definition) is 0. The number of nitrogens with zero attached hydrogens (tertiary/aromatic N) is 1. The molecule has 1 aliphatic heterocycles. The van der Waals surface area contributed by atoms with Gasteiger partial charge in [0.15, 0.2) is 11.9 Å². The summed E-state index contributed by atoms with van der Waals surface area (Å²) in [7, 11) is 0. The Balaban J connectivity index is 2.19. The molecule has 0 bridgehead atoms. The van der Waals surface area contributed by atoms with Gasteiger partial charge in [-0.25, -0.2) is 0 Å². The molecule has 1 aliphatic rings.